The predicted octanol–water partition coefficient (Wildman–Crippen LogP) is 9.27. The molecule has 4 rings (SSSR count). The maximum absolute atomic E-state index is 12.1. The Morgan fingerprint density at radius 2 is 1.28 bits per heavy atom. The normalized spacial score (nSPS) is 20.6. The van der Waals surface area contributed by atoms with E-state index in [9.17, 15) is 8.42 Å². The molecule has 0 amide bonds. The molecule has 0 radical (unpaired) electrons. The van der Waals surface area contributed by atoms with Crippen molar-refractivity contribution in [2.24, 2.45) is 0 Å². The topological polar surface area (TPSA) is 46.6 Å². The Morgan fingerprint density at radius 1 is 0.846 bits per heavy atom. The van der Waals surface area contributed by atoms with Crippen LogP contribution in [0.4, 0.5) is 0 Å². The second-order valence-corrected chi connectivity index (χ2v) is 22.7. The summed E-state index contributed by atoms with van der Waals surface area (Å²) >= 11 is -2.01. The fourth-order valence-corrected chi connectivity index (χ4v) is 13.8. The van der Waals surface area contributed by atoms with E-state index in [1.54, 1.807) is 87.7 Å². The molecule has 0 N–H and O–H groups in total. The van der Waals surface area contributed by atoms with E-state index in [0.717, 1.165) is 9.87 Å². The Labute approximate surface area is 253 Å². The molecule has 3 aliphatic rings. The summed E-state index contributed by atoms with van der Waals surface area (Å²) in [6.45, 7) is 3.74. The van der Waals surface area contributed by atoms with Gasteiger partial charge in [-0.15, -0.1) is 0 Å². The van der Waals surface area contributed by atoms with Crippen LogP contribution in [0.2, 0.25) is 0 Å². The Kier molecular flexibility index (Phi) is 14.7. The third-order valence-corrected chi connectivity index (χ3v) is 16.0. The summed E-state index contributed by atoms with van der Waals surface area (Å²) in [5.41, 5.74) is 4.29. The molecule has 1 aromatic carbocycles. The van der Waals surface area contributed by atoms with Crippen LogP contribution in [0.15, 0.2) is 23.1 Å². The molecule has 39 heavy (non-hydrogen) atoms. The van der Waals surface area contributed by atoms with Gasteiger partial charge in [-0.25, -0.2) is 0 Å². The summed E-state index contributed by atoms with van der Waals surface area (Å²) in [5, 5.41) is 0. The average molecular weight is 708 g/mol. The van der Waals surface area contributed by atoms with E-state index in [2.05, 4.69) is 0 Å². The molecular weight excluding hydrogens is 657 g/mol. The molecule has 4 nitrogen and oxygen atoms in total. The molecular formula is C30H50Cl2NO3PRuS. The molecule has 0 aliphatic heterocycles. The first-order valence-electron chi connectivity index (χ1n) is 14.9. The van der Waals surface area contributed by atoms with Crippen LogP contribution < -0.4 is 4.74 Å². The minimum atomic E-state index is -3.50. The molecule has 9 heteroatoms. The third kappa shape index (κ3) is 10.6. The molecule has 0 aromatic heterocycles. The van der Waals surface area contributed by atoms with Gasteiger partial charge < -0.3 is 0 Å². The van der Waals surface area contributed by atoms with Gasteiger partial charge in [0.1, 0.15) is 0 Å². The number of ether oxygens (including phenoxy) is 1. The molecule has 226 valence electrons. The zero-order valence-electron chi connectivity index (χ0n) is 24.4. The fourth-order valence-electron chi connectivity index (χ4n) is 6.44. The van der Waals surface area contributed by atoms with Crippen LogP contribution in [0.25, 0.3) is 0 Å². The summed E-state index contributed by atoms with van der Waals surface area (Å²) in [6.07, 6.45) is 23.5. The van der Waals surface area contributed by atoms with E-state index in [0.29, 0.717) is 13.7 Å². The quantitative estimate of drug-likeness (QED) is 0.200. The first-order valence-corrected chi connectivity index (χ1v) is 23.4. The van der Waals surface area contributed by atoms with Crippen molar-refractivity contribution in [3.8, 4) is 5.75 Å². The summed E-state index contributed by atoms with van der Waals surface area (Å²) in [7, 11) is 11.6. The Bertz CT molecular complexity index is 972. The SMILES string of the molecule is C1CCC(P(C2CCCCC2)C2CCCCC2)CC1.CC(C)Oc1cc(S(=O)(=O)N(C)C)ccc1[CH]=[Ru]([Cl])[Cl]. The van der Waals surface area contributed by atoms with Gasteiger partial charge in [0.05, 0.1) is 0 Å². The number of rotatable bonds is 8. The van der Waals surface area contributed by atoms with Crippen LogP contribution in [0.1, 0.15) is 116 Å². The molecule has 3 aliphatic carbocycles. The Balaban J connectivity index is 0.000000216. The molecule has 3 fully saturated rings. The first kappa shape index (κ1) is 33.9. The van der Waals surface area contributed by atoms with Crippen molar-refractivity contribution in [2.75, 3.05) is 14.1 Å². The number of nitrogens with zero attached hydrogens (tertiary/aromatic N) is 1. The Morgan fingerprint density at radius 3 is 1.64 bits per heavy atom. The average Bonchev–Trinajstić information content (AvgIpc) is 2.91. The molecule has 0 spiro atoms. The van der Waals surface area contributed by atoms with Crippen LogP contribution in [-0.4, -0.2) is 54.5 Å². The molecule has 0 saturated heterocycles. The molecule has 0 atom stereocenters. The van der Waals surface area contributed by atoms with Crippen LogP contribution in [-0.2, 0) is 23.5 Å². The van der Waals surface area contributed by atoms with Crippen molar-refractivity contribution in [3.63, 3.8) is 0 Å². The van der Waals surface area contributed by atoms with Crippen LogP contribution in [0, 0.1) is 0 Å². The molecule has 1 aromatic rings. The van der Waals surface area contributed by atoms with Gasteiger partial charge in [-0.1, -0.05) is 65.7 Å². The van der Waals surface area contributed by atoms with Crippen LogP contribution in [0.5, 0.6) is 5.75 Å². The summed E-state index contributed by atoms with van der Waals surface area (Å²) < 4.78 is 32.8. The predicted molar refractivity (Wildman–Crippen MR) is 167 cm³/mol. The van der Waals surface area contributed by atoms with Crippen molar-refractivity contribution in [3.05, 3.63) is 23.8 Å². The van der Waals surface area contributed by atoms with Crippen molar-refractivity contribution in [2.45, 2.75) is 138 Å². The van der Waals surface area contributed by atoms with E-state index in [-0.39, 0.29) is 11.0 Å². The summed E-state index contributed by atoms with van der Waals surface area (Å²) in [6, 6.07) is 4.70. The van der Waals surface area contributed by atoms with E-state index in [4.69, 9.17) is 24.1 Å². The van der Waals surface area contributed by atoms with Gasteiger partial charge in [-0.05, 0) is 55.5 Å². The van der Waals surface area contributed by atoms with Crippen LogP contribution in [0.3, 0.4) is 0 Å². The molecule has 0 unspecified atom stereocenters. The van der Waals surface area contributed by atoms with Crippen LogP contribution >= 0.6 is 27.3 Å². The van der Waals surface area contributed by atoms with E-state index >= 15 is 0 Å². The van der Waals surface area contributed by atoms with Gasteiger partial charge in [-0.2, -0.15) is 0 Å². The van der Waals surface area contributed by atoms with Gasteiger partial charge in [0.25, 0.3) is 0 Å². The van der Waals surface area contributed by atoms with Crippen molar-refractivity contribution in [1.82, 2.24) is 4.31 Å². The third-order valence-electron chi connectivity index (χ3n) is 8.30. The minimum absolute atomic E-state index is 0.0780. The molecule has 0 heterocycles. The number of hydrogen-bond acceptors (Lipinski definition) is 3. The standard InChI is InChI=1S/C18H33P.C12H17NO3S.2ClH.Ru/c1-4-10-16(11-5-1)19(17-12-6-2-7-13-17)18-14-8-3-9-15-18;1-9(2)16-12-8-11(7-6-10(12)3)17(14,15)13(4)5;;;/h16-18H,1-15H2;3,6-9H,1-2,4-5H3;2*1H;/q;;;;+2/p-2. The van der Waals surface area contributed by atoms with Crippen molar-refractivity contribution < 1.29 is 26.7 Å². The number of sulfonamides is 1. The van der Waals surface area contributed by atoms with E-state index < -0.39 is 23.5 Å². The molecule has 3 saturated carbocycles. The van der Waals surface area contributed by atoms with E-state index in [1.165, 1.54) is 62.5 Å². The number of halogens is 2. The zero-order valence-corrected chi connectivity index (χ0v) is 29.3. The van der Waals surface area contributed by atoms with Crippen molar-refractivity contribution >= 4 is 41.9 Å². The van der Waals surface area contributed by atoms with Gasteiger partial charge >= 0.3 is 133 Å². The Hall–Kier alpha value is 0.433. The van der Waals surface area contributed by atoms with Gasteiger partial charge in [0, 0.05) is 0 Å². The summed E-state index contributed by atoms with van der Waals surface area (Å²) in [4.78, 5) is 0.179. The van der Waals surface area contributed by atoms with Gasteiger partial charge in [-0.3, -0.25) is 0 Å². The van der Waals surface area contributed by atoms with Gasteiger partial charge in [0.2, 0.25) is 0 Å². The fraction of sp³-hybridized carbons (Fsp3) is 0.767. The second-order valence-electron chi connectivity index (χ2n) is 11.8. The maximum atomic E-state index is 12.1. The second kappa shape index (κ2) is 16.9. The molecule has 0 bridgehead atoms. The van der Waals surface area contributed by atoms with Gasteiger partial charge in [0.15, 0.2) is 0 Å². The summed E-state index contributed by atoms with van der Waals surface area (Å²) in [5.74, 6) is 0.475. The van der Waals surface area contributed by atoms with E-state index in [1.807, 2.05) is 13.8 Å². The number of benzene rings is 1. The monoisotopic (exact) mass is 707 g/mol. The number of hydrogen-bond donors (Lipinski definition) is 0. The van der Waals surface area contributed by atoms with Crippen molar-refractivity contribution in [1.29, 1.82) is 0 Å². The zero-order chi connectivity index (χ0) is 28.4. The first-order chi connectivity index (χ1) is 18.6.